The third-order valence-electron chi connectivity index (χ3n) is 3.78. The molecule has 0 aliphatic carbocycles. The summed E-state index contributed by atoms with van der Waals surface area (Å²) in [7, 11) is 1.63. The summed E-state index contributed by atoms with van der Waals surface area (Å²) < 4.78 is 0. The molecule has 1 heterocycles. The molecule has 1 aliphatic heterocycles. The van der Waals surface area contributed by atoms with E-state index in [0.29, 0.717) is 18.8 Å². The fraction of sp³-hybridized carbons (Fsp3) is 0.429. The number of rotatable bonds is 3. The lowest BCUT2D eigenvalue weighted by atomic mass is 9.87. The molecule has 6 heteroatoms. The predicted octanol–water partition coefficient (Wildman–Crippen LogP) is 1.60. The zero-order chi connectivity index (χ0) is 14.9. The molecule has 20 heavy (non-hydrogen) atoms. The number of aliphatic carboxylic acids is 1. The van der Waals surface area contributed by atoms with Crippen LogP contribution in [-0.4, -0.2) is 47.3 Å². The van der Waals surface area contributed by atoms with E-state index in [1.54, 1.807) is 31.0 Å². The molecular formula is C14H18N2O4. The van der Waals surface area contributed by atoms with Gasteiger partial charge in [0.1, 0.15) is 5.75 Å². The molecule has 2 amide bonds. The molecule has 108 valence electrons. The van der Waals surface area contributed by atoms with Crippen molar-refractivity contribution in [2.24, 2.45) is 11.8 Å². The monoisotopic (exact) mass is 278 g/mol. The molecule has 1 atom stereocenters. The Morgan fingerprint density at radius 2 is 2.05 bits per heavy atom. The van der Waals surface area contributed by atoms with Crippen LogP contribution in [0.5, 0.6) is 5.75 Å². The number of amides is 2. The number of carbonyl (C=O) groups excluding carboxylic acids is 1. The van der Waals surface area contributed by atoms with Crippen LogP contribution in [0.15, 0.2) is 24.3 Å². The molecule has 0 bridgehead atoms. The van der Waals surface area contributed by atoms with E-state index in [-0.39, 0.29) is 17.7 Å². The molecule has 2 rings (SSSR count). The zero-order valence-corrected chi connectivity index (χ0v) is 11.5. The average Bonchev–Trinajstić information content (AvgIpc) is 2.35. The minimum atomic E-state index is -0.830. The van der Waals surface area contributed by atoms with Gasteiger partial charge in [-0.05, 0) is 12.1 Å². The van der Waals surface area contributed by atoms with Gasteiger partial charge >= 0.3 is 12.0 Å². The van der Waals surface area contributed by atoms with Gasteiger partial charge < -0.3 is 15.1 Å². The molecule has 0 spiro atoms. The Morgan fingerprint density at radius 1 is 1.40 bits per heavy atom. The second-order valence-corrected chi connectivity index (χ2v) is 5.15. The molecule has 1 unspecified atom stereocenters. The number of urea groups is 1. The molecule has 1 aromatic carbocycles. The van der Waals surface area contributed by atoms with Crippen LogP contribution in [0.1, 0.15) is 6.92 Å². The number of carboxylic acids is 1. The van der Waals surface area contributed by atoms with Crippen molar-refractivity contribution in [2.45, 2.75) is 6.92 Å². The third-order valence-corrected chi connectivity index (χ3v) is 3.78. The second-order valence-electron chi connectivity index (χ2n) is 5.15. The van der Waals surface area contributed by atoms with Gasteiger partial charge in [0.05, 0.1) is 5.92 Å². The third kappa shape index (κ3) is 2.68. The molecule has 1 aromatic rings. The Labute approximate surface area is 117 Å². The van der Waals surface area contributed by atoms with E-state index < -0.39 is 11.9 Å². The van der Waals surface area contributed by atoms with Gasteiger partial charge in [0, 0.05) is 37.8 Å². The number of likely N-dealkylation sites (tertiary alicyclic amines) is 1. The van der Waals surface area contributed by atoms with Crippen LogP contribution in [0.3, 0.4) is 0 Å². The van der Waals surface area contributed by atoms with E-state index >= 15 is 0 Å². The van der Waals surface area contributed by atoms with E-state index in [1.165, 1.54) is 17.0 Å². The summed E-state index contributed by atoms with van der Waals surface area (Å²) in [6.07, 6.45) is 0. The number of carboxylic acid groups (broad SMARTS) is 1. The van der Waals surface area contributed by atoms with Crippen LogP contribution >= 0.6 is 0 Å². The van der Waals surface area contributed by atoms with Crippen molar-refractivity contribution in [3.8, 4) is 5.75 Å². The normalized spacial score (nSPS) is 16.4. The quantitative estimate of drug-likeness (QED) is 0.880. The number of benzene rings is 1. The minimum Gasteiger partial charge on any atom is -0.508 e. The van der Waals surface area contributed by atoms with Crippen molar-refractivity contribution in [3.63, 3.8) is 0 Å². The zero-order valence-electron chi connectivity index (χ0n) is 11.5. The summed E-state index contributed by atoms with van der Waals surface area (Å²) in [4.78, 5) is 26.1. The first-order valence-electron chi connectivity index (χ1n) is 6.44. The summed E-state index contributed by atoms with van der Waals surface area (Å²) in [5.41, 5.74) is 0.602. The summed E-state index contributed by atoms with van der Waals surface area (Å²) >= 11 is 0. The fourth-order valence-electron chi connectivity index (χ4n) is 2.21. The second kappa shape index (κ2) is 5.40. The maximum absolute atomic E-state index is 12.2. The lowest BCUT2D eigenvalue weighted by Crippen LogP contribution is -2.56. The summed E-state index contributed by atoms with van der Waals surface area (Å²) in [5, 5.41) is 18.3. The SMILES string of the molecule is CC(C(=O)O)C1CN(C(=O)N(C)c2cccc(O)c2)C1. The van der Waals surface area contributed by atoms with Crippen molar-refractivity contribution < 1.29 is 19.8 Å². The molecule has 2 N–H and O–H groups in total. The first-order chi connectivity index (χ1) is 9.40. The highest BCUT2D eigenvalue weighted by atomic mass is 16.4. The van der Waals surface area contributed by atoms with Crippen LogP contribution in [0.25, 0.3) is 0 Å². The Kier molecular flexibility index (Phi) is 3.83. The van der Waals surface area contributed by atoms with Crippen LogP contribution in [0.4, 0.5) is 10.5 Å². The molecule has 1 saturated heterocycles. The molecule has 0 saturated carbocycles. The molecule has 6 nitrogen and oxygen atoms in total. The number of hydrogen-bond acceptors (Lipinski definition) is 3. The smallest absolute Gasteiger partial charge is 0.324 e. The minimum absolute atomic E-state index is 0.00836. The molecule has 0 aromatic heterocycles. The van der Waals surface area contributed by atoms with Crippen molar-refractivity contribution in [3.05, 3.63) is 24.3 Å². The number of aromatic hydroxyl groups is 1. The largest absolute Gasteiger partial charge is 0.508 e. The number of anilines is 1. The van der Waals surface area contributed by atoms with Gasteiger partial charge in [-0.2, -0.15) is 0 Å². The van der Waals surface area contributed by atoms with Crippen LogP contribution in [0, 0.1) is 11.8 Å². The number of carbonyl (C=O) groups is 2. The van der Waals surface area contributed by atoms with Gasteiger partial charge in [-0.1, -0.05) is 13.0 Å². The number of nitrogens with zero attached hydrogens (tertiary/aromatic N) is 2. The highest BCUT2D eigenvalue weighted by Gasteiger charge is 2.38. The van der Waals surface area contributed by atoms with E-state index in [0.717, 1.165) is 0 Å². The van der Waals surface area contributed by atoms with E-state index in [4.69, 9.17) is 5.11 Å². The van der Waals surface area contributed by atoms with Crippen molar-refractivity contribution in [1.82, 2.24) is 4.90 Å². The molecular weight excluding hydrogens is 260 g/mol. The Balaban J connectivity index is 1.95. The molecule has 1 fully saturated rings. The lowest BCUT2D eigenvalue weighted by molar-refractivity contribution is -0.144. The maximum Gasteiger partial charge on any atom is 0.324 e. The first-order valence-corrected chi connectivity index (χ1v) is 6.44. The summed E-state index contributed by atoms with van der Waals surface area (Å²) in [6, 6.07) is 6.25. The fourth-order valence-corrected chi connectivity index (χ4v) is 2.21. The number of phenolic OH excluding ortho intramolecular Hbond substituents is 1. The summed E-state index contributed by atoms with van der Waals surface area (Å²) in [5.74, 6) is -1.16. The van der Waals surface area contributed by atoms with Crippen LogP contribution in [-0.2, 0) is 4.79 Å². The Bertz CT molecular complexity index is 526. The van der Waals surface area contributed by atoms with Gasteiger partial charge in [-0.3, -0.25) is 9.69 Å². The van der Waals surface area contributed by atoms with Crippen molar-refractivity contribution >= 4 is 17.7 Å². The Morgan fingerprint density at radius 3 is 2.60 bits per heavy atom. The highest BCUT2D eigenvalue weighted by Crippen LogP contribution is 2.27. The molecule has 0 radical (unpaired) electrons. The maximum atomic E-state index is 12.2. The van der Waals surface area contributed by atoms with Crippen LogP contribution < -0.4 is 4.90 Å². The standard InChI is InChI=1S/C14H18N2O4/c1-9(13(18)19)10-7-16(8-10)14(20)15(2)11-4-3-5-12(17)6-11/h3-6,9-10,17H,7-8H2,1-2H3,(H,18,19). The molecule has 1 aliphatic rings. The topological polar surface area (TPSA) is 81.1 Å². The van der Waals surface area contributed by atoms with Crippen LogP contribution in [0.2, 0.25) is 0 Å². The van der Waals surface area contributed by atoms with Gasteiger partial charge in [-0.25, -0.2) is 4.79 Å². The lowest BCUT2D eigenvalue weighted by Gasteiger charge is -2.42. The van der Waals surface area contributed by atoms with Crippen molar-refractivity contribution in [2.75, 3.05) is 25.0 Å². The predicted molar refractivity (Wildman–Crippen MR) is 73.8 cm³/mol. The first kappa shape index (κ1) is 14.2. The highest BCUT2D eigenvalue weighted by molar-refractivity contribution is 5.92. The van der Waals surface area contributed by atoms with Gasteiger partial charge in [0.15, 0.2) is 0 Å². The van der Waals surface area contributed by atoms with Gasteiger partial charge in [-0.15, -0.1) is 0 Å². The van der Waals surface area contributed by atoms with Crippen molar-refractivity contribution in [1.29, 1.82) is 0 Å². The Hall–Kier alpha value is -2.24. The van der Waals surface area contributed by atoms with E-state index in [2.05, 4.69) is 0 Å². The number of phenols is 1. The van der Waals surface area contributed by atoms with E-state index in [9.17, 15) is 14.7 Å². The van der Waals surface area contributed by atoms with Gasteiger partial charge in [0.25, 0.3) is 0 Å². The average molecular weight is 278 g/mol. The number of hydrogen-bond donors (Lipinski definition) is 2. The summed E-state index contributed by atoms with van der Waals surface area (Å²) in [6.45, 7) is 2.57. The van der Waals surface area contributed by atoms with Gasteiger partial charge in [0.2, 0.25) is 0 Å². The van der Waals surface area contributed by atoms with E-state index in [1.807, 2.05) is 0 Å².